The number of methoxy groups -OCH3 is 1. The highest BCUT2D eigenvalue weighted by Gasteiger charge is 2.63. The van der Waals surface area contributed by atoms with Crippen LogP contribution in [0.4, 0.5) is 0 Å². The van der Waals surface area contributed by atoms with Crippen LogP contribution in [0.15, 0.2) is 6.20 Å². The van der Waals surface area contributed by atoms with E-state index in [9.17, 15) is 20.1 Å². The maximum Gasteiger partial charge on any atom is 0.199 e. The summed E-state index contributed by atoms with van der Waals surface area (Å²) in [6.07, 6.45) is 8.91. The average molecular weight is 476 g/mol. The molecule has 4 aliphatic carbocycles. The van der Waals surface area contributed by atoms with Crippen LogP contribution in [0.5, 0.6) is 0 Å². The Morgan fingerprint density at radius 3 is 2.65 bits per heavy atom. The Balaban J connectivity index is 1.35. The highest BCUT2D eigenvalue weighted by molar-refractivity contribution is 5.82. The maximum absolute atomic E-state index is 13.4. The van der Waals surface area contributed by atoms with Gasteiger partial charge in [0.15, 0.2) is 12.1 Å². The van der Waals surface area contributed by atoms with Crippen LogP contribution in [-0.4, -0.2) is 55.4 Å². The molecule has 190 valence electrons. The Morgan fingerprint density at radius 1 is 1.15 bits per heavy atom. The van der Waals surface area contributed by atoms with E-state index in [0.717, 1.165) is 58.0 Å². The smallest absolute Gasteiger partial charge is 0.199 e. The maximum atomic E-state index is 13.4. The summed E-state index contributed by atoms with van der Waals surface area (Å²) in [6, 6.07) is 0. The molecule has 1 aromatic rings. The minimum absolute atomic E-state index is 0.00450. The van der Waals surface area contributed by atoms with Crippen LogP contribution in [-0.2, 0) is 16.1 Å². The summed E-state index contributed by atoms with van der Waals surface area (Å²) >= 11 is 0. The fourth-order valence-corrected chi connectivity index (χ4v) is 9.07. The molecule has 8 heteroatoms. The van der Waals surface area contributed by atoms with Crippen molar-refractivity contribution in [3.8, 4) is 0 Å². The minimum Gasteiger partial charge on any atom is -0.390 e. The van der Waals surface area contributed by atoms with Crippen molar-refractivity contribution in [1.29, 1.82) is 0 Å². The van der Waals surface area contributed by atoms with Gasteiger partial charge in [-0.1, -0.05) is 6.92 Å². The Hall–Kier alpha value is -1.35. The number of Topliss-reactive ketones (excluding diaryl/α,β-unsaturated/α-hetero) is 1. The van der Waals surface area contributed by atoms with E-state index in [1.807, 2.05) is 14.0 Å². The third-order valence-corrected chi connectivity index (χ3v) is 10.6. The molecule has 8 nitrogen and oxygen atoms in total. The molecule has 0 amide bonds. The van der Waals surface area contributed by atoms with Crippen molar-refractivity contribution < 1.29 is 24.9 Å². The van der Waals surface area contributed by atoms with Crippen molar-refractivity contribution >= 4 is 5.78 Å². The van der Waals surface area contributed by atoms with Gasteiger partial charge < -0.3 is 20.1 Å². The van der Waals surface area contributed by atoms with Gasteiger partial charge in [0, 0.05) is 13.0 Å². The number of ketones is 1. The molecule has 4 fully saturated rings. The van der Waals surface area contributed by atoms with E-state index in [1.54, 1.807) is 0 Å². The summed E-state index contributed by atoms with van der Waals surface area (Å²) in [5, 5.41) is 37.5. The van der Waals surface area contributed by atoms with Gasteiger partial charge in [0.05, 0.1) is 18.4 Å². The van der Waals surface area contributed by atoms with Crippen LogP contribution >= 0.6 is 0 Å². The number of carbonyl (C=O) groups excluding carboxylic acids is 1. The number of aliphatic hydroxyl groups is 3. The quantitative estimate of drug-likeness (QED) is 0.542. The van der Waals surface area contributed by atoms with Gasteiger partial charge in [-0.15, -0.1) is 0 Å². The normalized spacial score (nSPS) is 43.9. The van der Waals surface area contributed by atoms with Crippen LogP contribution < -0.4 is 0 Å². The molecule has 8 atom stereocenters. The Morgan fingerprint density at radius 2 is 1.94 bits per heavy atom. The largest absolute Gasteiger partial charge is 0.390 e. The second-order valence-corrected chi connectivity index (χ2v) is 12.3. The van der Waals surface area contributed by atoms with Gasteiger partial charge in [-0.05, 0) is 99.2 Å². The van der Waals surface area contributed by atoms with E-state index >= 15 is 0 Å². The van der Waals surface area contributed by atoms with E-state index in [1.165, 1.54) is 17.4 Å². The van der Waals surface area contributed by atoms with E-state index in [4.69, 9.17) is 4.74 Å². The molecule has 0 spiro atoms. The molecule has 0 bridgehead atoms. The SMILES string of the molecule is COC[C@]12CC[C@@](C)(O)C[C@@H]1CC[C@H]1[C@@H]3CC[C@H](C(=O)Cn4ncc(C(O)O)n4)[C@@]3(C)CC[C@@H]12. The lowest BCUT2D eigenvalue weighted by atomic mass is 9.43. The minimum atomic E-state index is -1.68. The number of aromatic nitrogens is 3. The molecule has 4 aliphatic rings. The lowest BCUT2D eigenvalue weighted by Crippen LogP contribution is -2.58. The van der Waals surface area contributed by atoms with Crippen LogP contribution in [0.1, 0.15) is 83.6 Å². The molecule has 4 saturated carbocycles. The highest BCUT2D eigenvalue weighted by atomic mass is 16.5. The van der Waals surface area contributed by atoms with Crippen molar-refractivity contribution in [2.45, 2.75) is 90.1 Å². The topological polar surface area (TPSA) is 118 Å². The third-order valence-electron chi connectivity index (χ3n) is 10.6. The molecule has 3 N–H and O–H groups in total. The standard InChI is InChI=1S/C26H41N3O5/c1-24(33)10-11-26(15-34-3)16(12-24)4-5-17-18-6-7-20(25(18,2)9-8-19(17)26)22(30)14-29-27-13-21(28-29)23(31)32/h13,16-20,23,31-33H,4-12,14-15H2,1-3H3/t16-,17-,18-,19-,20+,24+,25-,26+/m0/s1. The lowest BCUT2D eigenvalue weighted by molar-refractivity contribution is -0.175. The first-order valence-corrected chi connectivity index (χ1v) is 13.1. The summed E-state index contributed by atoms with van der Waals surface area (Å²) in [4.78, 5) is 14.7. The van der Waals surface area contributed by atoms with E-state index < -0.39 is 11.9 Å². The van der Waals surface area contributed by atoms with Crippen molar-refractivity contribution in [3.63, 3.8) is 0 Å². The molecule has 1 heterocycles. The van der Waals surface area contributed by atoms with Gasteiger partial charge in [0.1, 0.15) is 12.2 Å². The molecule has 0 aromatic carbocycles. The molecule has 0 saturated heterocycles. The monoisotopic (exact) mass is 475 g/mol. The molecular formula is C26H41N3O5. The van der Waals surface area contributed by atoms with Crippen LogP contribution in [0.25, 0.3) is 0 Å². The van der Waals surface area contributed by atoms with E-state index in [2.05, 4.69) is 17.1 Å². The second kappa shape index (κ2) is 8.64. The van der Waals surface area contributed by atoms with Crippen molar-refractivity contribution in [2.24, 2.45) is 40.4 Å². The third kappa shape index (κ3) is 3.85. The van der Waals surface area contributed by atoms with Gasteiger partial charge in [-0.25, -0.2) is 0 Å². The number of aliphatic hydroxyl groups excluding tert-OH is 1. The number of hydrogen-bond donors (Lipinski definition) is 3. The summed E-state index contributed by atoms with van der Waals surface area (Å²) in [5.74, 6) is 2.43. The number of rotatable bonds is 6. The highest BCUT2D eigenvalue weighted by Crippen LogP contribution is 2.68. The Labute approximate surface area is 202 Å². The molecule has 1 aromatic heterocycles. The fraction of sp³-hybridized carbons (Fsp3) is 0.885. The molecule has 0 radical (unpaired) electrons. The molecular weight excluding hydrogens is 434 g/mol. The van der Waals surface area contributed by atoms with Gasteiger partial charge in [0.2, 0.25) is 0 Å². The Kier molecular flexibility index (Phi) is 6.19. The average Bonchev–Trinajstić information content (AvgIpc) is 3.38. The molecule has 0 unspecified atom stereocenters. The molecule has 0 aliphatic heterocycles. The number of fused-ring (bicyclic) bond motifs is 5. The summed E-state index contributed by atoms with van der Waals surface area (Å²) in [7, 11) is 1.82. The van der Waals surface area contributed by atoms with Crippen LogP contribution in [0.2, 0.25) is 0 Å². The summed E-state index contributed by atoms with van der Waals surface area (Å²) in [5.41, 5.74) is -0.346. The second-order valence-electron chi connectivity index (χ2n) is 12.3. The predicted octanol–water partition coefficient (Wildman–Crippen LogP) is 2.87. The van der Waals surface area contributed by atoms with Crippen LogP contribution in [0.3, 0.4) is 0 Å². The first kappa shape index (κ1) is 24.3. The summed E-state index contributed by atoms with van der Waals surface area (Å²) < 4.78 is 5.85. The van der Waals surface area contributed by atoms with Crippen molar-refractivity contribution in [2.75, 3.05) is 13.7 Å². The van der Waals surface area contributed by atoms with Crippen molar-refractivity contribution in [3.05, 3.63) is 11.9 Å². The van der Waals surface area contributed by atoms with Gasteiger partial charge in [-0.3, -0.25) is 4.79 Å². The number of carbonyl (C=O) groups is 1. The molecule has 5 rings (SSSR count). The Bertz CT molecular complexity index is 916. The zero-order chi connectivity index (χ0) is 24.3. The van der Waals surface area contributed by atoms with Crippen LogP contribution in [0, 0.1) is 40.4 Å². The van der Waals surface area contributed by atoms with Gasteiger partial charge >= 0.3 is 0 Å². The lowest BCUT2D eigenvalue weighted by Gasteiger charge is -2.62. The van der Waals surface area contributed by atoms with E-state index in [-0.39, 0.29) is 34.8 Å². The summed E-state index contributed by atoms with van der Waals surface area (Å²) in [6.45, 7) is 5.20. The van der Waals surface area contributed by atoms with Gasteiger partial charge in [-0.2, -0.15) is 15.0 Å². The number of nitrogens with zero attached hydrogens (tertiary/aromatic N) is 3. The number of hydrogen-bond acceptors (Lipinski definition) is 7. The predicted molar refractivity (Wildman–Crippen MR) is 124 cm³/mol. The zero-order valence-corrected chi connectivity index (χ0v) is 20.8. The van der Waals surface area contributed by atoms with Crippen molar-refractivity contribution in [1.82, 2.24) is 15.0 Å². The van der Waals surface area contributed by atoms with Gasteiger partial charge in [0.25, 0.3) is 0 Å². The molecule has 34 heavy (non-hydrogen) atoms. The zero-order valence-electron chi connectivity index (χ0n) is 20.8. The fourth-order valence-electron chi connectivity index (χ4n) is 9.07. The first-order valence-electron chi connectivity index (χ1n) is 13.1. The first-order chi connectivity index (χ1) is 16.1. The van der Waals surface area contributed by atoms with E-state index in [0.29, 0.717) is 23.7 Å². The number of ether oxygens (including phenoxy) is 1.